The van der Waals surface area contributed by atoms with E-state index in [1.54, 1.807) is 24.3 Å². The maximum atomic E-state index is 11.5. The third kappa shape index (κ3) is 5.54. The second-order valence-electron chi connectivity index (χ2n) is 7.72. The zero-order valence-corrected chi connectivity index (χ0v) is 20.6. The SMILES string of the molecule is Cc1cc2cc(SOOO)c(N=NBN=Nc3ccc4c(S(=O)(=O)O)cccc4c3)c(O)c2cc1C. The minimum Gasteiger partial charge on any atom is -0.505 e. The predicted octanol–water partition coefficient (Wildman–Crippen LogP) is 6.12. The van der Waals surface area contributed by atoms with Crippen LogP contribution in [0.4, 0.5) is 11.4 Å². The summed E-state index contributed by atoms with van der Waals surface area (Å²) in [5.41, 5.74) is 2.57. The molecule has 0 saturated heterocycles. The minimum absolute atomic E-state index is 0.103. The van der Waals surface area contributed by atoms with Crippen molar-refractivity contribution < 1.29 is 32.7 Å². The van der Waals surface area contributed by atoms with Crippen LogP contribution >= 0.6 is 12.0 Å². The Balaban J connectivity index is 1.58. The summed E-state index contributed by atoms with van der Waals surface area (Å²) in [6.45, 7) is 3.88. The van der Waals surface area contributed by atoms with Crippen LogP contribution in [0.1, 0.15) is 11.1 Å². The summed E-state index contributed by atoms with van der Waals surface area (Å²) in [4.78, 5) is 0.157. The van der Waals surface area contributed by atoms with E-state index in [1.807, 2.05) is 26.0 Å². The Morgan fingerprint density at radius 1 is 0.917 bits per heavy atom. The van der Waals surface area contributed by atoms with Crippen LogP contribution in [0.25, 0.3) is 21.5 Å². The van der Waals surface area contributed by atoms with Gasteiger partial charge in [0, 0.05) is 10.8 Å². The fourth-order valence-electron chi connectivity index (χ4n) is 3.60. The van der Waals surface area contributed by atoms with E-state index in [-0.39, 0.29) is 23.9 Å². The molecule has 0 unspecified atom stereocenters. The average molecular weight is 526 g/mol. The van der Waals surface area contributed by atoms with Crippen molar-refractivity contribution in [3.63, 3.8) is 0 Å². The Kier molecular flexibility index (Phi) is 7.63. The first-order chi connectivity index (χ1) is 17.2. The molecule has 0 aliphatic heterocycles. The molecule has 0 aromatic heterocycles. The van der Waals surface area contributed by atoms with Gasteiger partial charge in [0.1, 0.15) is 10.6 Å². The summed E-state index contributed by atoms with van der Waals surface area (Å²) in [5.74, 6) is -0.121. The highest BCUT2D eigenvalue weighted by molar-refractivity contribution is 7.94. The Hall–Kier alpha value is -3.40. The van der Waals surface area contributed by atoms with Crippen LogP contribution < -0.4 is 0 Å². The largest absolute Gasteiger partial charge is 0.505 e. The summed E-state index contributed by atoms with van der Waals surface area (Å²) in [7, 11) is -4.53. The lowest BCUT2D eigenvalue weighted by Crippen LogP contribution is -1.98. The summed E-state index contributed by atoms with van der Waals surface area (Å²) in [6.07, 6.45) is 0. The van der Waals surface area contributed by atoms with Gasteiger partial charge in [0.25, 0.3) is 10.1 Å². The second-order valence-corrected chi connectivity index (χ2v) is 9.85. The molecule has 11 nitrogen and oxygen atoms in total. The van der Waals surface area contributed by atoms with Gasteiger partial charge in [0.15, 0.2) is 5.75 Å². The third-order valence-electron chi connectivity index (χ3n) is 5.40. The van der Waals surface area contributed by atoms with Crippen LogP contribution in [0, 0.1) is 13.8 Å². The minimum atomic E-state index is -4.36. The summed E-state index contributed by atoms with van der Waals surface area (Å²) < 4.78 is 37.0. The van der Waals surface area contributed by atoms with Gasteiger partial charge in [-0.1, -0.05) is 29.3 Å². The Labute approximate surface area is 210 Å². The quantitative estimate of drug-likeness (QED) is 0.0617. The maximum absolute atomic E-state index is 11.5. The van der Waals surface area contributed by atoms with E-state index < -0.39 is 10.1 Å². The molecule has 0 saturated carbocycles. The monoisotopic (exact) mass is 526 g/mol. The molecule has 4 aromatic rings. The average Bonchev–Trinajstić information content (AvgIpc) is 2.84. The van der Waals surface area contributed by atoms with Gasteiger partial charge in [-0.25, -0.2) is 15.3 Å². The number of rotatable bonds is 8. The standard InChI is InChI=1S/C22H19BN4O7S2/c1-12-8-15-11-19(35-34-33-29)21(22(28)18(15)9-13(12)2)25-27-23-26-24-16-6-7-17-14(10-16)4-3-5-20(17)36(30,31)32/h3-11,23,28-29H,1-2H3,(H,30,31,32). The van der Waals surface area contributed by atoms with Crippen molar-refractivity contribution >= 4 is 62.6 Å². The van der Waals surface area contributed by atoms with Crippen molar-refractivity contribution in [2.75, 3.05) is 0 Å². The highest BCUT2D eigenvalue weighted by atomic mass is 32.2. The normalized spacial score (nSPS) is 12.3. The van der Waals surface area contributed by atoms with Gasteiger partial charge >= 0.3 is 7.55 Å². The molecule has 4 rings (SSSR count). The fraction of sp³-hybridized carbons (Fsp3) is 0.0909. The van der Waals surface area contributed by atoms with E-state index in [9.17, 15) is 18.1 Å². The van der Waals surface area contributed by atoms with Crippen molar-refractivity contribution in [3.05, 3.63) is 65.7 Å². The van der Waals surface area contributed by atoms with Crippen LogP contribution in [0.5, 0.6) is 5.75 Å². The number of benzene rings is 4. The highest BCUT2D eigenvalue weighted by Gasteiger charge is 2.16. The summed E-state index contributed by atoms with van der Waals surface area (Å²) in [6, 6.07) is 14.7. The van der Waals surface area contributed by atoms with Crippen LogP contribution in [0.3, 0.4) is 0 Å². The number of hydrogen-bond donors (Lipinski definition) is 3. The number of aryl methyl sites for hydroxylation is 2. The lowest BCUT2D eigenvalue weighted by molar-refractivity contribution is -0.432. The molecule has 0 aliphatic carbocycles. The first kappa shape index (κ1) is 25.7. The second kappa shape index (κ2) is 10.7. The molecule has 4 aromatic carbocycles. The molecular weight excluding hydrogens is 507 g/mol. The predicted molar refractivity (Wildman–Crippen MR) is 136 cm³/mol. The Morgan fingerprint density at radius 2 is 1.67 bits per heavy atom. The summed E-state index contributed by atoms with van der Waals surface area (Å²) >= 11 is 0.650. The van der Waals surface area contributed by atoms with Crippen LogP contribution in [-0.4, -0.2) is 30.9 Å². The molecule has 0 aliphatic rings. The molecule has 0 amide bonds. The van der Waals surface area contributed by atoms with Gasteiger partial charge in [-0.05, 0) is 66.1 Å². The van der Waals surface area contributed by atoms with Crippen molar-refractivity contribution in [2.45, 2.75) is 23.6 Å². The molecule has 0 heterocycles. The number of hydrogen-bond acceptors (Lipinski definition) is 11. The number of phenolic OH excluding ortho intramolecular Hbond substituents is 1. The molecule has 0 bridgehead atoms. The first-order valence-corrected chi connectivity index (χ1v) is 12.5. The van der Waals surface area contributed by atoms with Crippen LogP contribution in [0.15, 0.2) is 84.7 Å². The lowest BCUT2D eigenvalue weighted by atomic mass is 10.0. The number of fused-ring (bicyclic) bond motifs is 2. The molecule has 36 heavy (non-hydrogen) atoms. The van der Waals surface area contributed by atoms with Crippen molar-refractivity contribution in [1.82, 2.24) is 0 Å². The fourth-order valence-corrected chi connectivity index (χ4v) is 4.81. The third-order valence-corrected chi connectivity index (χ3v) is 6.94. The van der Waals surface area contributed by atoms with Gasteiger partial charge in [0.05, 0.1) is 22.6 Å². The molecule has 0 fully saturated rings. The van der Waals surface area contributed by atoms with E-state index in [2.05, 4.69) is 29.7 Å². The zero-order chi connectivity index (χ0) is 25.9. The van der Waals surface area contributed by atoms with E-state index in [1.165, 1.54) is 18.2 Å². The number of phenols is 1. The van der Waals surface area contributed by atoms with Gasteiger partial charge < -0.3 is 5.11 Å². The van der Waals surface area contributed by atoms with Gasteiger partial charge in [-0.15, -0.1) is 4.33 Å². The molecule has 0 atom stereocenters. The van der Waals surface area contributed by atoms with Crippen molar-refractivity contribution in [1.29, 1.82) is 0 Å². The topological polar surface area (TPSA) is 163 Å². The van der Waals surface area contributed by atoms with Crippen LogP contribution in [-0.2, 0) is 19.5 Å². The first-order valence-electron chi connectivity index (χ1n) is 10.4. The zero-order valence-electron chi connectivity index (χ0n) is 19.0. The van der Waals surface area contributed by atoms with Gasteiger partial charge in [-0.2, -0.15) is 18.6 Å². The van der Waals surface area contributed by atoms with E-state index in [4.69, 9.17) is 5.26 Å². The molecule has 14 heteroatoms. The molecule has 0 radical (unpaired) electrons. The Morgan fingerprint density at radius 3 is 2.42 bits per heavy atom. The Bertz CT molecular complexity index is 1630. The van der Waals surface area contributed by atoms with Gasteiger partial charge in [-0.3, -0.25) is 4.55 Å². The van der Waals surface area contributed by atoms with E-state index in [0.717, 1.165) is 16.5 Å². The molecule has 184 valence electrons. The number of aromatic hydroxyl groups is 1. The van der Waals surface area contributed by atoms with Crippen molar-refractivity contribution in [3.8, 4) is 5.75 Å². The molecular formula is C22H19BN4O7S2. The summed E-state index contributed by atoms with van der Waals surface area (Å²) in [5, 5.41) is 41.3. The highest BCUT2D eigenvalue weighted by Crippen LogP contribution is 2.44. The smallest absolute Gasteiger partial charge is 0.446 e. The van der Waals surface area contributed by atoms with E-state index in [0.29, 0.717) is 38.8 Å². The van der Waals surface area contributed by atoms with Crippen molar-refractivity contribution in [2.24, 2.45) is 20.3 Å². The van der Waals surface area contributed by atoms with Gasteiger partial charge in [0.2, 0.25) is 0 Å². The maximum Gasteiger partial charge on any atom is 0.446 e. The lowest BCUT2D eigenvalue weighted by Gasteiger charge is -2.11. The van der Waals surface area contributed by atoms with Crippen LogP contribution in [0.2, 0.25) is 0 Å². The van der Waals surface area contributed by atoms with E-state index >= 15 is 0 Å². The molecule has 3 N–H and O–H groups in total. The number of nitrogens with zero attached hydrogens (tertiary/aromatic N) is 4. The molecule has 0 spiro atoms.